The Bertz CT molecular complexity index is 287. The second kappa shape index (κ2) is 20.2. The van der Waals surface area contributed by atoms with Gasteiger partial charge in [0.25, 0.3) is 0 Å². The fraction of sp³-hybridized carbons (Fsp3) is 0.857. The first-order chi connectivity index (χ1) is 11.8. The van der Waals surface area contributed by atoms with Gasteiger partial charge in [-0.3, -0.25) is 4.79 Å². The average Bonchev–Trinajstić information content (AvgIpc) is 2.58. The molecule has 0 spiro atoms. The number of esters is 1. The minimum Gasteiger partial charge on any atom is -0.466 e. The van der Waals surface area contributed by atoms with Crippen LogP contribution in [0.1, 0.15) is 103 Å². The summed E-state index contributed by atoms with van der Waals surface area (Å²) < 4.78 is 5.00. The third-order valence-corrected chi connectivity index (χ3v) is 4.21. The number of carbonyl (C=O) groups excluding carboxylic acids is 1. The van der Waals surface area contributed by atoms with Crippen molar-refractivity contribution in [3.63, 3.8) is 0 Å². The number of hydrogen-bond donors (Lipinski definition) is 1. The van der Waals surface area contributed by atoms with Gasteiger partial charge in [-0.2, -0.15) is 0 Å². The van der Waals surface area contributed by atoms with Crippen LogP contribution in [0.2, 0.25) is 0 Å². The highest BCUT2D eigenvalue weighted by molar-refractivity contribution is 5.69. The molecule has 0 amide bonds. The van der Waals surface area contributed by atoms with E-state index >= 15 is 0 Å². The van der Waals surface area contributed by atoms with Gasteiger partial charge in [-0.15, -0.1) is 0 Å². The minimum atomic E-state index is -0.120. The molecule has 0 aliphatic carbocycles. The largest absolute Gasteiger partial charge is 0.466 e. The lowest BCUT2D eigenvalue weighted by atomic mass is 10.1. The maximum Gasteiger partial charge on any atom is 0.305 e. The van der Waals surface area contributed by atoms with Crippen LogP contribution in [0.25, 0.3) is 0 Å². The van der Waals surface area contributed by atoms with Crippen molar-refractivity contribution in [2.45, 2.75) is 103 Å². The van der Waals surface area contributed by atoms with E-state index in [-0.39, 0.29) is 12.6 Å². The van der Waals surface area contributed by atoms with Crippen molar-refractivity contribution in [1.82, 2.24) is 0 Å². The van der Waals surface area contributed by atoms with Crippen molar-refractivity contribution in [3.05, 3.63) is 12.2 Å². The van der Waals surface area contributed by atoms with Crippen LogP contribution >= 0.6 is 0 Å². The van der Waals surface area contributed by atoms with Gasteiger partial charge in [0.05, 0.1) is 6.61 Å². The molecule has 0 unspecified atom stereocenters. The summed E-state index contributed by atoms with van der Waals surface area (Å²) in [4.78, 5) is 11.3. The summed E-state index contributed by atoms with van der Waals surface area (Å²) >= 11 is 0. The minimum absolute atomic E-state index is 0.0853. The molecular weight excluding hydrogens is 300 g/mol. The molecule has 0 aliphatic rings. The van der Waals surface area contributed by atoms with Crippen molar-refractivity contribution in [3.8, 4) is 0 Å². The molecule has 0 saturated heterocycles. The van der Waals surface area contributed by atoms with Crippen molar-refractivity contribution >= 4 is 5.97 Å². The molecule has 0 radical (unpaired) electrons. The van der Waals surface area contributed by atoms with Crippen LogP contribution in [0.15, 0.2) is 12.2 Å². The molecule has 1 N–H and O–H groups in total. The van der Waals surface area contributed by atoms with Gasteiger partial charge in [-0.25, -0.2) is 0 Å². The Balaban J connectivity index is 3.14. The Morgan fingerprint density at radius 2 is 1.33 bits per heavy atom. The number of aliphatic hydroxyl groups is 1. The molecule has 0 heterocycles. The molecule has 0 fully saturated rings. The van der Waals surface area contributed by atoms with Crippen LogP contribution in [0, 0.1) is 0 Å². The molecule has 0 aromatic rings. The van der Waals surface area contributed by atoms with Crippen LogP contribution in [0.4, 0.5) is 0 Å². The van der Waals surface area contributed by atoms with Crippen molar-refractivity contribution in [1.29, 1.82) is 0 Å². The van der Waals surface area contributed by atoms with Gasteiger partial charge in [0.1, 0.15) is 0 Å². The predicted molar refractivity (Wildman–Crippen MR) is 102 cm³/mol. The molecule has 0 rings (SSSR count). The fourth-order valence-electron chi connectivity index (χ4n) is 2.66. The summed E-state index contributed by atoms with van der Waals surface area (Å²) in [5.41, 5.74) is 0. The number of aliphatic hydroxyl groups excluding tert-OH is 1. The molecule has 142 valence electrons. The molecule has 0 aromatic carbocycles. The van der Waals surface area contributed by atoms with E-state index in [0.29, 0.717) is 19.4 Å². The molecule has 0 atom stereocenters. The molecule has 3 heteroatoms. The summed E-state index contributed by atoms with van der Waals surface area (Å²) in [6.45, 7) is 2.69. The van der Waals surface area contributed by atoms with E-state index in [2.05, 4.69) is 19.1 Å². The van der Waals surface area contributed by atoms with Gasteiger partial charge in [-0.1, -0.05) is 70.4 Å². The first-order valence-electron chi connectivity index (χ1n) is 10.2. The summed E-state index contributed by atoms with van der Waals surface area (Å²) in [5, 5.41) is 8.60. The zero-order valence-corrected chi connectivity index (χ0v) is 15.9. The van der Waals surface area contributed by atoms with E-state index in [1.165, 1.54) is 70.6 Å². The molecule has 0 bridgehead atoms. The zero-order chi connectivity index (χ0) is 17.7. The monoisotopic (exact) mass is 340 g/mol. The Labute approximate surface area is 149 Å². The van der Waals surface area contributed by atoms with Gasteiger partial charge in [0.15, 0.2) is 0 Å². The van der Waals surface area contributed by atoms with Gasteiger partial charge < -0.3 is 9.84 Å². The number of ether oxygens (including phenoxy) is 1. The molecule has 0 saturated carbocycles. The SMILES string of the molecule is CCCCCC/C=C\CCCCCCCCCC(=O)OCCCO. The molecule has 24 heavy (non-hydrogen) atoms. The predicted octanol–water partition coefficient (Wildman–Crippen LogP) is 5.95. The van der Waals surface area contributed by atoms with E-state index in [4.69, 9.17) is 9.84 Å². The van der Waals surface area contributed by atoms with E-state index in [9.17, 15) is 4.79 Å². The maximum absolute atomic E-state index is 11.3. The smallest absolute Gasteiger partial charge is 0.305 e. The van der Waals surface area contributed by atoms with Crippen molar-refractivity contribution < 1.29 is 14.6 Å². The molecule has 0 aliphatic heterocycles. The number of unbranched alkanes of at least 4 members (excludes halogenated alkanes) is 11. The quantitative estimate of drug-likeness (QED) is 0.190. The van der Waals surface area contributed by atoms with Gasteiger partial charge >= 0.3 is 5.97 Å². The standard InChI is InChI=1S/C21H40O3/c1-2-3-4-5-6-7-8-9-10-11-12-13-14-15-16-18-21(23)24-20-17-19-22/h7-8,22H,2-6,9-20H2,1H3/b8-7-. The van der Waals surface area contributed by atoms with Crippen LogP contribution in [0.5, 0.6) is 0 Å². The lowest BCUT2D eigenvalue weighted by Crippen LogP contribution is -2.06. The summed E-state index contributed by atoms with van der Waals surface area (Å²) in [6.07, 6.45) is 22.2. The number of rotatable bonds is 18. The normalized spacial score (nSPS) is 11.2. The van der Waals surface area contributed by atoms with E-state index < -0.39 is 0 Å². The third kappa shape index (κ3) is 19.2. The Morgan fingerprint density at radius 1 is 0.792 bits per heavy atom. The van der Waals surface area contributed by atoms with Crippen LogP contribution in [0.3, 0.4) is 0 Å². The Morgan fingerprint density at radius 3 is 1.92 bits per heavy atom. The highest BCUT2D eigenvalue weighted by atomic mass is 16.5. The number of carbonyl (C=O) groups is 1. The van der Waals surface area contributed by atoms with Gasteiger partial charge in [0, 0.05) is 19.4 Å². The number of hydrogen-bond acceptors (Lipinski definition) is 3. The summed E-state index contributed by atoms with van der Waals surface area (Å²) in [7, 11) is 0. The number of allylic oxidation sites excluding steroid dienone is 2. The third-order valence-electron chi connectivity index (χ3n) is 4.21. The lowest BCUT2D eigenvalue weighted by Gasteiger charge is -2.04. The Kier molecular flexibility index (Phi) is 19.5. The van der Waals surface area contributed by atoms with Crippen LogP contribution in [-0.4, -0.2) is 24.3 Å². The molecule has 0 aromatic heterocycles. The van der Waals surface area contributed by atoms with Gasteiger partial charge in [0.2, 0.25) is 0 Å². The highest BCUT2D eigenvalue weighted by Crippen LogP contribution is 2.11. The fourth-order valence-corrected chi connectivity index (χ4v) is 2.66. The second-order valence-corrected chi connectivity index (χ2v) is 6.63. The highest BCUT2D eigenvalue weighted by Gasteiger charge is 2.01. The Hall–Kier alpha value is -0.830. The first-order valence-corrected chi connectivity index (χ1v) is 10.2. The van der Waals surface area contributed by atoms with Crippen LogP contribution < -0.4 is 0 Å². The summed E-state index contributed by atoms with van der Waals surface area (Å²) in [5.74, 6) is -0.120. The zero-order valence-electron chi connectivity index (χ0n) is 15.9. The first kappa shape index (κ1) is 23.2. The van der Waals surface area contributed by atoms with E-state index in [1.54, 1.807) is 0 Å². The summed E-state index contributed by atoms with van der Waals surface area (Å²) in [6, 6.07) is 0. The van der Waals surface area contributed by atoms with Gasteiger partial charge in [-0.05, 0) is 32.1 Å². The second-order valence-electron chi connectivity index (χ2n) is 6.63. The van der Waals surface area contributed by atoms with E-state index in [1.807, 2.05) is 0 Å². The van der Waals surface area contributed by atoms with Crippen molar-refractivity contribution in [2.24, 2.45) is 0 Å². The van der Waals surface area contributed by atoms with Crippen LogP contribution in [-0.2, 0) is 9.53 Å². The van der Waals surface area contributed by atoms with E-state index in [0.717, 1.165) is 12.8 Å². The topological polar surface area (TPSA) is 46.5 Å². The average molecular weight is 341 g/mol. The molecular formula is C21H40O3. The maximum atomic E-state index is 11.3. The molecule has 3 nitrogen and oxygen atoms in total. The lowest BCUT2D eigenvalue weighted by molar-refractivity contribution is -0.144. The van der Waals surface area contributed by atoms with Crippen molar-refractivity contribution in [2.75, 3.05) is 13.2 Å².